The molecule has 0 spiro atoms. The van der Waals surface area contributed by atoms with Gasteiger partial charge in [0.1, 0.15) is 0 Å². The van der Waals surface area contributed by atoms with Crippen LogP contribution in [0.15, 0.2) is 42.5 Å². The summed E-state index contributed by atoms with van der Waals surface area (Å²) in [4.78, 5) is 16.7. The molecule has 0 radical (unpaired) electrons. The van der Waals surface area contributed by atoms with Crippen molar-refractivity contribution in [2.45, 2.75) is 20.0 Å². The van der Waals surface area contributed by atoms with E-state index >= 15 is 0 Å². The highest BCUT2D eigenvalue weighted by Gasteiger charge is 2.21. The molecule has 1 heterocycles. The zero-order valence-electron chi connectivity index (χ0n) is 16.9. The van der Waals surface area contributed by atoms with E-state index in [1.54, 1.807) is 14.2 Å². The van der Waals surface area contributed by atoms with Crippen LogP contribution in [0.2, 0.25) is 0 Å². The van der Waals surface area contributed by atoms with Gasteiger partial charge < -0.3 is 19.7 Å². The normalized spacial score (nSPS) is 14.6. The lowest BCUT2D eigenvalue weighted by Crippen LogP contribution is -2.51. The molecule has 150 valence electrons. The predicted octanol–water partition coefficient (Wildman–Crippen LogP) is 3.04. The van der Waals surface area contributed by atoms with Crippen LogP contribution in [0, 0.1) is 6.92 Å². The minimum Gasteiger partial charge on any atom is -0.493 e. The molecule has 1 N–H and O–H groups in total. The molecule has 0 atom stereocenters. The van der Waals surface area contributed by atoms with E-state index in [1.165, 1.54) is 11.1 Å². The van der Waals surface area contributed by atoms with Gasteiger partial charge in [0.05, 0.1) is 14.2 Å². The summed E-state index contributed by atoms with van der Waals surface area (Å²) in [5.41, 5.74) is 3.52. The van der Waals surface area contributed by atoms with E-state index in [4.69, 9.17) is 9.47 Å². The van der Waals surface area contributed by atoms with Crippen molar-refractivity contribution in [3.63, 3.8) is 0 Å². The third-order valence-electron chi connectivity index (χ3n) is 5.08. The Hall–Kier alpha value is -2.73. The van der Waals surface area contributed by atoms with Crippen molar-refractivity contribution >= 4 is 6.03 Å². The van der Waals surface area contributed by atoms with Gasteiger partial charge in [0, 0.05) is 39.3 Å². The standard InChI is InChI=1S/C22H29N3O3/c1-17-4-6-18(7-5-17)15-23-22(26)25-12-10-24(11-13-25)16-19-8-9-20(27-2)21(14-19)28-3/h4-9,14H,10-13,15-16H2,1-3H3,(H,23,26). The lowest BCUT2D eigenvalue weighted by molar-refractivity contribution is 0.135. The van der Waals surface area contributed by atoms with Gasteiger partial charge in [-0.1, -0.05) is 35.9 Å². The summed E-state index contributed by atoms with van der Waals surface area (Å²) in [6.07, 6.45) is 0. The number of rotatable bonds is 6. The van der Waals surface area contributed by atoms with Crippen molar-refractivity contribution in [2.75, 3.05) is 40.4 Å². The van der Waals surface area contributed by atoms with Crippen molar-refractivity contribution < 1.29 is 14.3 Å². The summed E-state index contributed by atoms with van der Waals surface area (Å²) in [6.45, 7) is 6.62. The van der Waals surface area contributed by atoms with Crippen LogP contribution in [-0.2, 0) is 13.1 Å². The fourth-order valence-electron chi connectivity index (χ4n) is 3.34. The van der Waals surface area contributed by atoms with Gasteiger partial charge >= 0.3 is 6.03 Å². The van der Waals surface area contributed by atoms with E-state index in [-0.39, 0.29) is 6.03 Å². The highest BCUT2D eigenvalue weighted by Crippen LogP contribution is 2.28. The van der Waals surface area contributed by atoms with Crippen LogP contribution < -0.4 is 14.8 Å². The zero-order chi connectivity index (χ0) is 19.9. The minimum atomic E-state index is 0.00587. The fourth-order valence-corrected chi connectivity index (χ4v) is 3.34. The zero-order valence-corrected chi connectivity index (χ0v) is 16.9. The molecule has 0 aliphatic carbocycles. The van der Waals surface area contributed by atoms with Gasteiger partial charge in [0.15, 0.2) is 11.5 Å². The maximum atomic E-state index is 12.4. The van der Waals surface area contributed by atoms with Crippen molar-refractivity contribution in [3.8, 4) is 11.5 Å². The molecule has 2 aromatic rings. The van der Waals surface area contributed by atoms with Gasteiger partial charge in [-0.25, -0.2) is 4.79 Å². The molecule has 1 fully saturated rings. The summed E-state index contributed by atoms with van der Waals surface area (Å²) in [7, 11) is 3.29. The molecule has 0 saturated carbocycles. The van der Waals surface area contributed by atoms with E-state index in [9.17, 15) is 4.79 Å². The summed E-state index contributed by atoms with van der Waals surface area (Å²) >= 11 is 0. The van der Waals surface area contributed by atoms with E-state index in [0.717, 1.165) is 49.8 Å². The topological polar surface area (TPSA) is 54.0 Å². The number of aryl methyl sites for hydroxylation is 1. The second-order valence-electron chi connectivity index (χ2n) is 7.10. The van der Waals surface area contributed by atoms with Crippen molar-refractivity contribution in [2.24, 2.45) is 0 Å². The van der Waals surface area contributed by atoms with Crippen LogP contribution in [0.4, 0.5) is 4.79 Å². The van der Waals surface area contributed by atoms with Gasteiger partial charge in [-0.2, -0.15) is 0 Å². The number of amides is 2. The minimum absolute atomic E-state index is 0.00587. The van der Waals surface area contributed by atoms with Crippen molar-refractivity contribution in [3.05, 3.63) is 59.2 Å². The van der Waals surface area contributed by atoms with Crippen LogP contribution in [-0.4, -0.2) is 56.2 Å². The van der Waals surface area contributed by atoms with Crippen LogP contribution in [0.25, 0.3) is 0 Å². The SMILES string of the molecule is COc1ccc(CN2CCN(C(=O)NCc3ccc(C)cc3)CC2)cc1OC. The molecule has 6 heteroatoms. The molecule has 2 amide bonds. The predicted molar refractivity (Wildman–Crippen MR) is 110 cm³/mol. The molecule has 1 saturated heterocycles. The molecule has 2 aromatic carbocycles. The number of benzene rings is 2. The van der Waals surface area contributed by atoms with E-state index < -0.39 is 0 Å². The lowest BCUT2D eigenvalue weighted by atomic mass is 10.1. The van der Waals surface area contributed by atoms with Crippen molar-refractivity contribution in [1.29, 1.82) is 0 Å². The first-order chi connectivity index (χ1) is 13.6. The van der Waals surface area contributed by atoms with Gasteiger partial charge in [0.2, 0.25) is 0 Å². The molecule has 0 bridgehead atoms. The molecular weight excluding hydrogens is 354 g/mol. The average molecular weight is 383 g/mol. The maximum absolute atomic E-state index is 12.4. The van der Waals surface area contributed by atoms with Crippen LogP contribution >= 0.6 is 0 Å². The molecule has 0 aromatic heterocycles. The first-order valence-electron chi connectivity index (χ1n) is 9.60. The lowest BCUT2D eigenvalue weighted by Gasteiger charge is -2.34. The Bertz CT molecular complexity index is 784. The second-order valence-corrected chi connectivity index (χ2v) is 7.10. The third-order valence-corrected chi connectivity index (χ3v) is 5.08. The molecule has 3 rings (SSSR count). The summed E-state index contributed by atoms with van der Waals surface area (Å²) in [5, 5.41) is 3.02. The quantitative estimate of drug-likeness (QED) is 0.833. The molecule has 1 aliphatic rings. The third kappa shape index (κ3) is 5.16. The highest BCUT2D eigenvalue weighted by atomic mass is 16.5. The van der Waals surface area contributed by atoms with Crippen LogP contribution in [0.1, 0.15) is 16.7 Å². The Kier molecular flexibility index (Phi) is 6.76. The summed E-state index contributed by atoms with van der Waals surface area (Å²) < 4.78 is 10.7. The van der Waals surface area contributed by atoms with Gasteiger partial charge in [0.25, 0.3) is 0 Å². The molecular formula is C22H29N3O3. The highest BCUT2D eigenvalue weighted by molar-refractivity contribution is 5.74. The van der Waals surface area contributed by atoms with Crippen molar-refractivity contribution in [1.82, 2.24) is 15.1 Å². The maximum Gasteiger partial charge on any atom is 0.317 e. The fraction of sp³-hybridized carbons (Fsp3) is 0.409. The molecule has 6 nitrogen and oxygen atoms in total. The van der Waals surface area contributed by atoms with E-state index in [2.05, 4.69) is 47.5 Å². The average Bonchev–Trinajstić information content (AvgIpc) is 2.73. The molecule has 1 aliphatic heterocycles. The number of ether oxygens (including phenoxy) is 2. The van der Waals surface area contributed by atoms with Gasteiger partial charge in [-0.3, -0.25) is 4.90 Å². The largest absolute Gasteiger partial charge is 0.493 e. The monoisotopic (exact) mass is 383 g/mol. The number of hydrogen-bond acceptors (Lipinski definition) is 4. The number of carbonyl (C=O) groups excluding carboxylic acids is 1. The van der Waals surface area contributed by atoms with Gasteiger partial charge in [-0.05, 0) is 30.2 Å². The van der Waals surface area contributed by atoms with Crippen LogP contribution in [0.3, 0.4) is 0 Å². The summed E-state index contributed by atoms with van der Waals surface area (Å²) in [5.74, 6) is 1.48. The smallest absolute Gasteiger partial charge is 0.317 e. The molecule has 0 unspecified atom stereocenters. The number of methoxy groups -OCH3 is 2. The Morgan fingerprint density at radius 2 is 1.57 bits per heavy atom. The first kappa shape index (κ1) is 20.0. The second kappa shape index (κ2) is 9.46. The number of nitrogens with one attached hydrogen (secondary N) is 1. The number of hydrogen-bond donors (Lipinski definition) is 1. The number of piperazine rings is 1. The first-order valence-corrected chi connectivity index (χ1v) is 9.60. The summed E-state index contributed by atoms with van der Waals surface area (Å²) in [6, 6.07) is 14.2. The number of urea groups is 1. The number of carbonyl (C=O) groups is 1. The van der Waals surface area contributed by atoms with Gasteiger partial charge in [-0.15, -0.1) is 0 Å². The Balaban J connectivity index is 1.46. The Labute approximate surface area is 167 Å². The molecule has 28 heavy (non-hydrogen) atoms. The van der Waals surface area contributed by atoms with E-state index in [1.807, 2.05) is 17.0 Å². The number of nitrogens with zero attached hydrogens (tertiary/aromatic N) is 2. The Morgan fingerprint density at radius 1 is 0.929 bits per heavy atom. The van der Waals surface area contributed by atoms with Crippen LogP contribution in [0.5, 0.6) is 11.5 Å². The van der Waals surface area contributed by atoms with E-state index in [0.29, 0.717) is 6.54 Å². The Morgan fingerprint density at radius 3 is 2.21 bits per heavy atom.